The maximum Gasteiger partial charge on any atom is 0.406 e. The van der Waals surface area contributed by atoms with Crippen LogP contribution in [0.1, 0.15) is 21.5 Å². The van der Waals surface area contributed by atoms with Gasteiger partial charge in [0.2, 0.25) is 0 Å². The molecule has 4 nitrogen and oxygen atoms in total. The average molecular weight is 289 g/mol. The molecule has 0 aliphatic heterocycles. The van der Waals surface area contributed by atoms with Crippen molar-refractivity contribution in [2.24, 2.45) is 0 Å². The van der Waals surface area contributed by atoms with Gasteiger partial charge in [0.15, 0.2) is 0 Å². The molecule has 0 aliphatic carbocycles. The highest BCUT2D eigenvalue weighted by atomic mass is 19.4. The monoisotopic (exact) mass is 289 g/mol. The molecule has 1 rings (SSSR count). The standard InChI is InChI=1S/C13H14F3NO3/c1-8-3-9(2)5-10(4-8)12(20)17(6-11(18)19)7-13(14,15)16/h3-5H,6-7H2,1-2H3,(H,18,19). The minimum Gasteiger partial charge on any atom is -0.480 e. The van der Waals surface area contributed by atoms with E-state index >= 15 is 0 Å². The predicted molar refractivity (Wildman–Crippen MR) is 65.5 cm³/mol. The molecule has 0 aliphatic rings. The van der Waals surface area contributed by atoms with E-state index in [1.807, 2.05) is 0 Å². The zero-order chi connectivity index (χ0) is 15.5. The van der Waals surface area contributed by atoms with E-state index in [9.17, 15) is 22.8 Å². The minimum absolute atomic E-state index is 0.0491. The maximum absolute atomic E-state index is 12.4. The third-order valence-corrected chi connectivity index (χ3v) is 2.45. The number of aryl methyl sites for hydroxylation is 2. The molecule has 0 fully saturated rings. The number of carbonyl (C=O) groups excluding carboxylic acids is 1. The Morgan fingerprint density at radius 2 is 1.65 bits per heavy atom. The van der Waals surface area contributed by atoms with Gasteiger partial charge in [-0.3, -0.25) is 9.59 Å². The van der Waals surface area contributed by atoms with E-state index in [0.29, 0.717) is 0 Å². The summed E-state index contributed by atoms with van der Waals surface area (Å²) in [4.78, 5) is 22.9. The topological polar surface area (TPSA) is 57.6 Å². The predicted octanol–water partition coefficient (Wildman–Crippen LogP) is 2.39. The average Bonchev–Trinajstić information content (AvgIpc) is 2.23. The summed E-state index contributed by atoms with van der Waals surface area (Å²) < 4.78 is 37.2. The summed E-state index contributed by atoms with van der Waals surface area (Å²) in [6.45, 7) is 0.820. The summed E-state index contributed by atoms with van der Waals surface area (Å²) in [5.74, 6) is -2.44. The number of rotatable bonds is 4. The highest BCUT2D eigenvalue weighted by Crippen LogP contribution is 2.19. The molecule has 20 heavy (non-hydrogen) atoms. The third kappa shape index (κ3) is 4.91. The third-order valence-electron chi connectivity index (χ3n) is 2.45. The van der Waals surface area contributed by atoms with Crippen molar-refractivity contribution in [3.63, 3.8) is 0 Å². The molecule has 1 aromatic carbocycles. The molecule has 0 heterocycles. The lowest BCUT2D eigenvalue weighted by Gasteiger charge is -2.22. The van der Waals surface area contributed by atoms with Gasteiger partial charge < -0.3 is 10.0 Å². The zero-order valence-electron chi connectivity index (χ0n) is 11.0. The fourth-order valence-electron chi connectivity index (χ4n) is 1.86. The second-order valence-corrected chi connectivity index (χ2v) is 4.55. The molecule has 0 aromatic heterocycles. The van der Waals surface area contributed by atoms with E-state index in [1.54, 1.807) is 19.9 Å². The number of halogens is 3. The number of carboxylic acids is 1. The van der Waals surface area contributed by atoms with Crippen molar-refractivity contribution in [1.29, 1.82) is 0 Å². The lowest BCUT2D eigenvalue weighted by molar-refractivity contribution is -0.149. The molecule has 0 radical (unpaired) electrons. The molecule has 1 N–H and O–H groups in total. The maximum atomic E-state index is 12.4. The van der Waals surface area contributed by atoms with Crippen molar-refractivity contribution in [2.75, 3.05) is 13.1 Å². The Morgan fingerprint density at radius 1 is 1.15 bits per heavy atom. The largest absolute Gasteiger partial charge is 0.480 e. The Balaban J connectivity index is 3.06. The van der Waals surface area contributed by atoms with Crippen LogP contribution in [0.15, 0.2) is 18.2 Å². The number of carbonyl (C=O) groups is 2. The van der Waals surface area contributed by atoms with Crippen molar-refractivity contribution in [3.8, 4) is 0 Å². The highest BCUT2D eigenvalue weighted by molar-refractivity contribution is 5.96. The van der Waals surface area contributed by atoms with Gasteiger partial charge in [0, 0.05) is 5.56 Å². The van der Waals surface area contributed by atoms with Gasteiger partial charge in [0.25, 0.3) is 5.91 Å². The number of hydrogen-bond donors (Lipinski definition) is 1. The fourth-order valence-corrected chi connectivity index (χ4v) is 1.86. The van der Waals surface area contributed by atoms with Gasteiger partial charge in [0.1, 0.15) is 13.1 Å². The summed E-state index contributed by atoms with van der Waals surface area (Å²) >= 11 is 0. The SMILES string of the molecule is Cc1cc(C)cc(C(=O)N(CC(=O)O)CC(F)(F)F)c1. The van der Waals surface area contributed by atoms with Gasteiger partial charge in [-0.05, 0) is 26.0 Å². The first-order valence-corrected chi connectivity index (χ1v) is 5.74. The molecule has 0 bridgehead atoms. The summed E-state index contributed by atoms with van der Waals surface area (Å²) in [5, 5.41) is 8.62. The van der Waals surface area contributed by atoms with Gasteiger partial charge in [0.05, 0.1) is 0 Å². The molecule has 0 saturated heterocycles. The van der Waals surface area contributed by atoms with E-state index < -0.39 is 31.1 Å². The smallest absolute Gasteiger partial charge is 0.406 e. The van der Waals surface area contributed by atoms with Crippen LogP contribution in [0.4, 0.5) is 13.2 Å². The van der Waals surface area contributed by atoms with Crippen LogP contribution in [-0.4, -0.2) is 41.1 Å². The lowest BCUT2D eigenvalue weighted by Crippen LogP contribution is -2.42. The normalized spacial score (nSPS) is 11.2. The van der Waals surface area contributed by atoms with Crippen LogP contribution < -0.4 is 0 Å². The summed E-state index contributed by atoms with van der Waals surface area (Å²) in [7, 11) is 0. The van der Waals surface area contributed by atoms with E-state index in [0.717, 1.165) is 11.1 Å². The number of carboxylic acid groups (broad SMARTS) is 1. The van der Waals surface area contributed by atoms with Crippen LogP contribution in [-0.2, 0) is 4.79 Å². The highest BCUT2D eigenvalue weighted by Gasteiger charge is 2.34. The van der Waals surface area contributed by atoms with E-state index in [4.69, 9.17) is 5.11 Å². The van der Waals surface area contributed by atoms with Crippen molar-refractivity contribution < 1.29 is 27.9 Å². The van der Waals surface area contributed by atoms with Crippen LogP contribution in [0.5, 0.6) is 0 Å². The lowest BCUT2D eigenvalue weighted by atomic mass is 10.1. The molecule has 0 saturated carbocycles. The summed E-state index contributed by atoms with van der Waals surface area (Å²) in [6.07, 6.45) is -4.65. The Bertz CT molecular complexity index is 506. The Morgan fingerprint density at radius 3 is 2.05 bits per heavy atom. The van der Waals surface area contributed by atoms with Gasteiger partial charge >= 0.3 is 12.1 Å². The molecule has 0 spiro atoms. The van der Waals surface area contributed by atoms with Crippen molar-refractivity contribution in [3.05, 3.63) is 34.9 Å². The summed E-state index contributed by atoms with van der Waals surface area (Å²) in [5.41, 5.74) is 1.49. The molecule has 1 amide bonds. The van der Waals surface area contributed by atoms with Crippen LogP contribution in [0, 0.1) is 13.8 Å². The Kier molecular flexibility index (Phi) is 4.75. The van der Waals surface area contributed by atoms with Gasteiger partial charge in [-0.1, -0.05) is 17.2 Å². The second kappa shape index (κ2) is 5.94. The number of alkyl halides is 3. The second-order valence-electron chi connectivity index (χ2n) is 4.55. The van der Waals surface area contributed by atoms with Gasteiger partial charge in [-0.25, -0.2) is 0 Å². The zero-order valence-corrected chi connectivity index (χ0v) is 11.0. The molecule has 110 valence electrons. The van der Waals surface area contributed by atoms with E-state index in [2.05, 4.69) is 0 Å². The van der Waals surface area contributed by atoms with Crippen LogP contribution in [0.3, 0.4) is 0 Å². The first kappa shape index (κ1) is 16.0. The van der Waals surface area contributed by atoms with Gasteiger partial charge in [-0.2, -0.15) is 13.2 Å². The Hall–Kier alpha value is -2.05. The number of nitrogens with zero attached hydrogens (tertiary/aromatic N) is 1. The van der Waals surface area contributed by atoms with Crippen molar-refractivity contribution in [1.82, 2.24) is 4.90 Å². The molecule has 0 atom stereocenters. The molecule has 1 aromatic rings. The molecular formula is C13H14F3NO3. The fraction of sp³-hybridized carbons (Fsp3) is 0.385. The minimum atomic E-state index is -4.65. The van der Waals surface area contributed by atoms with Crippen molar-refractivity contribution in [2.45, 2.75) is 20.0 Å². The molecular weight excluding hydrogens is 275 g/mol. The molecule has 0 unspecified atom stereocenters. The quantitative estimate of drug-likeness (QED) is 0.926. The van der Waals surface area contributed by atoms with Crippen LogP contribution >= 0.6 is 0 Å². The number of aliphatic carboxylic acids is 1. The van der Waals surface area contributed by atoms with Crippen molar-refractivity contribution >= 4 is 11.9 Å². The van der Waals surface area contributed by atoms with Crippen LogP contribution in [0.2, 0.25) is 0 Å². The van der Waals surface area contributed by atoms with Gasteiger partial charge in [-0.15, -0.1) is 0 Å². The van der Waals surface area contributed by atoms with Crippen LogP contribution in [0.25, 0.3) is 0 Å². The Labute approximate surface area is 113 Å². The summed E-state index contributed by atoms with van der Waals surface area (Å²) in [6, 6.07) is 4.63. The van der Waals surface area contributed by atoms with E-state index in [-0.39, 0.29) is 10.5 Å². The van der Waals surface area contributed by atoms with E-state index in [1.165, 1.54) is 12.1 Å². The molecule has 7 heteroatoms. The number of amides is 1. The first-order valence-electron chi connectivity index (χ1n) is 5.74. The number of benzene rings is 1. The number of hydrogen-bond acceptors (Lipinski definition) is 2. The first-order chi connectivity index (χ1) is 9.08.